The molecule has 2 aliphatic rings. The maximum Gasteiger partial charge on any atom is 0.191 e. The van der Waals surface area contributed by atoms with E-state index in [0.717, 1.165) is 64.1 Å². The summed E-state index contributed by atoms with van der Waals surface area (Å²) < 4.78 is 11.2. The third-order valence-electron chi connectivity index (χ3n) is 5.94. The quantitative estimate of drug-likeness (QED) is 0.499. The van der Waals surface area contributed by atoms with Crippen molar-refractivity contribution >= 4 is 5.96 Å². The first-order valence-corrected chi connectivity index (χ1v) is 11.4. The van der Waals surface area contributed by atoms with Crippen LogP contribution in [0.5, 0.6) is 5.75 Å². The Morgan fingerprint density at radius 3 is 2.60 bits per heavy atom. The summed E-state index contributed by atoms with van der Waals surface area (Å²) in [6.07, 6.45) is 4.06. The van der Waals surface area contributed by atoms with Gasteiger partial charge in [0.05, 0.1) is 32.4 Å². The van der Waals surface area contributed by atoms with Gasteiger partial charge in [-0.2, -0.15) is 0 Å². The zero-order chi connectivity index (χ0) is 21.2. The van der Waals surface area contributed by atoms with Gasteiger partial charge in [0, 0.05) is 26.2 Å². The summed E-state index contributed by atoms with van der Waals surface area (Å²) in [5, 5.41) is 6.88. The average Bonchev–Trinajstić information content (AvgIpc) is 2.78. The van der Waals surface area contributed by atoms with Crippen molar-refractivity contribution in [1.29, 1.82) is 0 Å². The van der Waals surface area contributed by atoms with Crippen molar-refractivity contribution in [3.05, 3.63) is 29.8 Å². The van der Waals surface area contributed by atoms with E-state index >= 15 is 0 Å². The van der Waals surface area contributed by atoms with Gasteiger partial charge in [-0.25, -0.2) is 0 Å². The molecule has 2 unspecified atom stereocenters. The Kier molecular flexibility index (Phi) is 9.24. The number of likely N-dealkylation sites (tertiary alicyclic amines) is 1. The predicted molar refractivity (Wildman–Crippen MR) is 122 cm³/mol. The Morgan fingerprint density at radius 2 is 1.93 bits per heavy atom. The van der Waals surface area contributed by atoms with E-state index in [1.54, 1.807) is 7.11 Å². The van der Waals surface area contributed by atoms with Crippen molar-refractivity contribution in [2.45, 2.75) is 38.3 Å². The first kappa shape index (κ1) is 22.8. The zero-order valence-corrected chi connectivity index (χ0v) is 18.9. The van der Waals surface area contributed by atoms with Crippen molar-refractivity contribution in [3.63, 3.8) is 0 Å². The van der Waals surface area contributed by atoms with Gasteiger partial charge in [-0.3, -0.25) is 9.89 Å². The number of benzene rings is 1. The predicted octanol–water partition coefficient (Wildman–Crippen LogP) is 2.11. The molecule has 0 aliphatic carbocycles. The molecule has 0 radical (unpaired) electrons. The molecule has 1 aromatic rings. The molecule has 2 aliphatic heterocycles. The van der Waals surface area contributed by atoms with Crippen molar-refractivity contribution < 1.29 is 9.47 Å². The lowest BCUT2D eigenvalue weighted by atomic mass is 10.0. The monoisotopic (exact) mass is 417 g/mol. The van der Waals surface area contributed by atoms with Gasteiger partial charge in [-0.15, -0.1) is 0 Å². The SMILES string of the molecule is CCNC(=NCC(c1ccc(OC)cc1)N1CCCCC1)NCC1CN(C)CCO1. The van der Waals surface area contributed by atoms with E-state index in [4.69, 9.17) is 14.5 Å². The van der Waals surface area contributed by atoms with Crippen LogP contribution in [0.15, 0.2) is 29.3 Å². The van der Waals surface area contributed by atoms with Crippen LogP contribution < -0.4 is 15.4 Å². The fraction of sp³-hybridized carbons (Fsp3) is 0.696. The lowest BCUT2D eigenvalue weighted by Gasteiger charge is -2.34. The van der Waals surface area contributed by atoms with Crippen LogP contribution in [0.25, 0.3) is 0 Å². The van der Waals surface area contributed by atoms with E-state index < -0.39 is 0 Å². The third-order valence-corrected chi connectivity index (χ3v) is 5.94. The number of piperidine rings is 1. The highest BCUT2D eigenvalue weighted by Crippen LogP contribution is 2.26. The first-order valence-electron chi connectivity index (χ1n) is 11.4. The molecule has 7 heteroatoms. The molecule has 2 heterocycles. The van der Waals surface area contributed by atoms with E-state index in [2.05, 4.69) is 58.7 Å². The highest BCUT2D eigenvalue weighted by atomic mass is 16.5. The Morgan fingerprint density at radius 1 is 1.17 bits per heavy atom. The van der Waals surface area contributed by atoms with Crippen LogP contribution in [-0.2, 0) is 4.74 Å². The molecule has 0 spiro atoms. The highest BCUT2D eigenvalue weighted by Gasteiger charge is 2.23. The second-order valence-corrected chi connectivity index (χ2v) is 8.24. The summed E-state index contributed by atoms with van der Waals surface area (Å²) in [4.78, 5) is 9.86. The molecular weight excluding hydrogens is 378 g/mol. The summed E-state index contributed by atoms with van der Waals surface area (Å²) in [5.74, 6) is 1.76. The molecule has 2 N–H and O–H groups in total. The Hall–Kier alpha value is -1.83. The van der Waals surface area contributed by atoms with Crippen LogP contribution in [0.2, 0.25) is 0 Å². The van der Waals surface area contributed by atoms with E-state index in [0.29, 0.717) is 0 Å². The number of nitrogens with one attached hydrogen (secondary N) is 2. The number of ether oxygens (including phenoxy) is 2. The van der Waals surface area contributed by atoms with E-state index in [9.17, 15) is 0 Å². The van der Waals surface area contributed by atoms with Crippen LogP contribution in [0.4, 0.5) is 0 Å². The molecule has 168 valence electrons. The molecule has 3 rings (SSSR count). The fourth-order valence-corrected chi connectivity index (χ4v) is 4.21. The minimum Gasteiger partial charge on any atom is -0.497 e. The summed E-state index contributed by atoms with van der Waals surface area (Å²) >= 11 is 0. The highest BCUT2D eigenvalue weighted by molar-refractivity contribution is 5.79. The Bertz CT molecular complexity index is 645. The van der Waals surface area contributed by atoms with Crippen LogP contribution in [-0.4, -0.2) is 88.4 Å². The molecule has 30 heavy (non-hydrogen) atoms. The number of methoxy groups -OCH3 is 1. The zero-order valence-electron chi connectivity index (χ0n) is 18.9. The fourth-order valence-electron chi connectivity index (χ4n) is 4.21. The minimum atomic E-state index is 0.201. The number of likely N-dealkylation sites (N-methyl/N-ethyl adjacent to an activating group) is 1. The molecule has 2 fully saturated rings. The molecule has 0 amide bonds. The molecular formula is C23H39N5O2. The van der Waals surface area contributed by atoms with Crippen molar-refractivity contribution in [3.8, 4) is 5.75 Å². The molecule has 2 saturated heterocycles. The number of rotatable bonds is 8. The van der Waals surface area contributed by atoms with Gasteiger partial charge in [-0.05, 0) is 57.6 Å². The summed E-state index contributed by atoms with van der Waals surface area (Å²) in [6, 6.07) is 8.75. The third kappa shape index (κ3) is 6.86. The molecule has 7 nitrogen and oxygen atoms in total. The number of aliphatic imine (C=N–C) groups is 1. The van der Waals surface area contributed by atoms with Crippen molar-refractivity contribution in [1.82, 2.24) is 20.4 Å². The largest absolute Gasteiger partial charge is 0.497 e. The maximum atomic E-state index is 5.88. The van der Waals surface area contributed by atoms with E-state index in [1.165, 1.54) is 24.8 Å². The van der Waals surface area contributed by atoms with Crippen molar-refractivity contribution in [2.24, 2.45) is 4.99 Å². The summed E-state index contributed by atoms with van der Waals surface area (Å²) in [5.41, 5.74) is 1.30. The van der Waals surface area contributed by atoms with Crippen LogP contribution >= 0.6 is 0 Å². The molecule has 0 saturated carbocycles. The van der Waals surface area contributed by atoms with Gasteiger partial charge >= 0.3 is 0 Å². The van der Waals surface area contributed by atoms with Gasteiger partial charge < -0.3 is 25.0 Å². The topological polar surface area (TPSA) is 61.4 Å². The summed E-state index contributed by atoms with van der Waals surface area (Å²) in [6.45, 7) is 9.47. The first-order chi connectivity index (χ1) is 14.7. The van der Waals surface area contributed by atoms with Crippen molar-refractivity contribution in [2.75, 3.05) is 66.6 Å². The normalized spacial score (nSPS) is 22.5. The Balaban J connectivity index is 1.67. The van der Waals surface area contributed by atoms with Crippen LogP contribution in [0.3, 0.4) is 0 Å². The van der Waals surface area contributed by atoms with Crippen LogP contribution in [0, 0.1) is 0 Å². The second kappa shape index (κ2) is 12.1. The molecule has 0 aromatic heterocycles. The lowest BCUT2D eigenvalue weighted by molar-refractivity contribution is -0.0161. The lowest BCUT2D eigenvalue weighted by Crippen LogP contribution is -2.48. The number of hydrogen-bond acceptors (Lipinski definition) is 5. The van der Waals surface area contributed by atoms with E-state index in [-0.39, 0.29) is 12.1 Å². The molecule has 0 bridgehead atoms. The summed E-state index contributed by atoms with van der Waals surface area (Å²) in [7, 11) is 3.86. The smallest absolute Gasteiger partial charge is 0.191 e. The average molecular weight is 418 g/mol. The minimum absolute atomic E-state index is 0.201. The van der Waals surface area contributed by atoms with Gasteiger partial charge in [-0.1, -0.05) is 18.6 Å². The standard InChI is InChI=1S/C23H39N5O2/c1-4-24-23(25-16-21-18-27(2)14-15-30-21)26-17-22(28-12-6-5-7-13-28)19-8-10-20(29-3)11-9-19/h8-11,21-22H,4-7,12-18H2,1-3H3,(H2,24,25,26). The van der Waals surface area contributed by atoms with Gasteiger partial charge in [0.25, 0.3) is 0 Å². The maximum absolute atomic E-state index is 5.88. The molecule has 2 atom stereocenters. The number of hydrogen-bond donors (Lipinski definition) is 2. The number of nitrogens with zero attached hydrogens (tertiary/aromatic N) is 3. The van der Waals surface area contributed by atoms with Crippen LogP contribution in [0.1, 0.15) is 37.8 Å². The van der Waals surface area contributed by atoms with Gasteiger partial charge in [0.1, 0.15) is 5.75 Å². The second-order valence-electron chi connectivity index (χ2n) is 8.24. The molecule has 1 aromatic carbocycles. The van der Waals surface area contributed by atoms with Gasteiger partial charge in [0.2, 0.25) is 0 Å². The van der Waals surface area contributed by atoms with Gasteiger partial charge in [0.15, 0.2) is 5.96 Å². The Labute approximate surface area is 181 Å². The van der Waals surface area contributed by atoms with E-state index in [1.807, 2.05) is 0 Å². The number of guanidine groups is 1. The number of morpholine rings is 1.